The molecule has 2 N–H and O–H groups in total. The highest BCUT2D eigenvalue weighted by Crippen LogP contribution is 2.16. The van der Waals surface area contributed by atoms with Crippen LogP contribution in [0.5, 0.6) is 0 Å². The van der Waals surface area contributed by atoms with E-state index in [2.05, 4.69) is 21.2 Å². The highest BCUT2D eigenvalue weighted by Gasteiger charge is 2.19. The second-order valence-corrected chi connectivity index (χ2v) is 5.94. The topological polar surface area (TPSA) is 66.4 Å². The highest BCUT2D eigenvalue weighted by molar-refractivity contribution is 9.10. The van der Waals surface area contributed by atoms with Crippen molar-refractivity contribution < 1.29 is 19.1 Å². The first-order valence-corrected chi connectivity index (χ1v) is 7.25. The van der Waals surface area contributed by atoms with E-state index >= 15 is 0 Å². The number of carboxylic acids is 1. The number of aliphatic carboxylic acids is 1. The third-order valence-electron chi connectivity index (χ3n) is 2.69. The van der Waals surface area contributed by atoms with E-state index in [1.165, 1.54) is 18.2 Å². The Balaban J connectivity index is 2.73. The van der Waals surface area contributed by atoms with Gasteiger partial charge in [-0.1, -0.05) is 29.8 Å². The minimum Gasteiger partial charge on any atom is -0.480 e. The van der Waals surface area contributed by atoms with Gasteiger partial charge in [0.25, 0.3) is 0 Å². The zero-order valence-corrected chi connectivity index (χ0v) is 13.4. The van der Waals surface area contributed by atoms with E-state index < -0.39 is 23.7 Å². The summed E-state index contributed by atoms with van der Waals surface area (Å²) in [5.41, 5.74) is 0.246. The zero-order valence-electron chi connectivity index (χ0n) is 11.8. The van der Waals surface area contributed by atoms with E-state index in [1.54, 1.807) is 6.07 Å². The molecule has 4 nitrogen and oxygen atoms in total. The number of benzene rings is 1. The summed E-state index contributed by atoms with van der Waals surface area (Å²) >= 11 is 3.21. The van der Waals surface area contributed by atoms with Gasteiger partial charge in [0.2, 0.25) is 5.91 Å². The minimum atomic E-state index is -1.08. The van der Waals surface area contributed by atoms with Crippen molar-refractivity contribution in [2.24, 2.45) is 5.92 Å². The first-order chi connectivity index (χ1) is 9.79. The van der Waals surface area contributed by atoms with Gasteiger partial charge in [-0.3, -0.25) is 4.79 Å². The fourth-order valence-corrected chi connectivity index (χ4v) is 2.10. The van der Waals surface area contributed by atoms with Crippen molar-refractivity contribution in [3.63, 3.8) is 0 Å². The standard InChI is InChI=1S/C15H17BrFNO3/c1-9(2)7-13(15(20)21)18-14(19)6-3-10-8-11(16)4-5-12(10)17/h3-6,8-9,13H,7H2,1-2H3,(H,18,19)(H,20,21)/b6-3+/t13-/m0/s1. The van der Waals surface area contributed by atoms with Gasteiger partial charge in [-0.25, -0.2) is 9.18 Å². The predicted molar refractivity (Wildman–Crippen MR) is 82.2 cm³/mol. The van der Waals surface area contributed by atoms with Crippen molar-refractivity contribution in [2.45, 2.75) is 26.3 Å². The molecule has 0 aliphatic rings. The maximum absolute atomic E-state index is 13.5. The Labute approximate surface area is 131 Å². The number of carboxylic acid groups (broad SMARTS) is 1. The van der Waals surface area contributed by atoms with Crippen molar-refractivity contribution in [2.75, 3.05) is 0 Å². The lowest BCUT2D eigenvalue weighted by Crippen LogP contribution is -2.40. The maximum atomic E-state index is 13.5. The van der Waals surface area contributed by atoms with Crippen LogP contribution < -0.4 is 5.32 Å². The number of hydrogen-bond acceptors (Lipinski definition) is 2. The Kier molecular flexibility index (Phi) is 6.55. The minimum absolute atomic E-state index is 0.137. The van der Waals surface area contributed by atoms with E-state index in [9.17, 15) is 14.0 Å². The summed E-state index contributed by atoms with van der Waals surface area (Å²) in [6.45, 7) is 3.74. The van der Waals surface area contributed by atoms with Crippen LogP contribution in [0, 0.1) is 11.7 Å². The quantitative estimate of drug-likeness (QED) is 0.768. The van der Waals surface area contributed by atoms with Gasteiger partial charge in [-0.15, -0.1) is 0 Å². The first-order valence-electron chi connectivity index (χ1n) is 6.46. The van der Waals surface area contributed by atoms with Gasteiger partial charge in [0.15, 0.2) is 0 Å². The molecule has 1 aromatic rings. The van der Waals surface area contributed by atoms with E-state index in [1.807, 2.05) is 13.8 Å². The van der Waals surface area contributed by atoms with Gasteiger partial charge in [-0.2, -0.15) is 0 Å². The van der Waals surface area contributed by atoms with Crippen LogP contribution in [-0.4, -0.2) is 23.0 Å². The Morgan fingerprint density at radius 1 is 1.43 bits per heavy atom. The SMILES string of the molecule is CC(C)C[C@H](NC(=O)/C=C/c1cc(Br)ccc1F)C(=O)O. The van der Waals surface area contributed by atoms with Crippen LogP contribution in [0.1, 0.15) is 25.8 Å². The van der Waals surface area contributed by atoms with E-state index in [0.717, 1.165) is 6.08 Å². The molecule has 0 saturated heterocycles. The molecule has 1 aromatic carbocycles. The fourth-order valence-electron chi connectivity index (χ4n) is 1.72. The Morgan fingerprint density at radius 2 is 2.10 bits per heavy atom. The second-order valence-electron chi connectivity index (χ2n) is 5.03. The smallest absolute Gasteiger partial charge is 0.326 e. The molecule has 0 bridgehead atoms. The summed E-state index contributed by atoms with van der Waals surface area (Å²) in [6, 6.07) is 3.41. The van der Waals surface area contributed by atoms with Crippen molar-refractivity contribution in [1.29, 1.82) is 0 Å². The van der Waals surface area contributed by atoms with E-state index in [4.69, 9.17) is 5.11 Å². The van der Waals surface area contributed by atoms with Crippen molar-refractivity contribution in [1.82, 2.24) is 5.32 Å². The average Bonchev–Trinajstić information content (AvgIpc) is 2.38. The molecule has 0 saturated carbocycles. The third kappa shape index (κ3) is 6.08. The zero-order chi connectivity index (χ0) is 16.0. The summed E-state index contributed by atoms with van der Waals surface area (Å²) in [7, 11) is 0. The van der Waals surface area contributed by atoms with E-state index in [0.29, 0.717) is 10.9 Å². The molecule has 1 rings (SSSR count). The normalized spacial score (nSPS) is 12.6. The monoisotopic (exact) mass is 357 g/mol. The molecular weight excluding hydrogens is 341 g/mol. The van der Waals surface area contributed by atoms with Gasteiger partial charge < -0.3 is 10.4 Å². The number of halogens is 2. The van der Waals surface area contributed by atoms with E-state index in [-0.39, 0.29) is 11.5 Å². The van der Waals surface area contributed by atoms with Crippen LogP contribution in [0.4, 0.5) is 4.39 Å². The molecule has 0 spiro atoms. The van der Waals surface area contributed by atoms with Gasteiger partial charge in [0, 0.05) is 16.1 Å². The van der Waals surface area contributed by atoms with Gasteiger partial charge in [0.05, 0.1) is 0 Å². The Morgan fingerprint density at radius 3 is 2.67 bits per heavy atom. The molecule has 21 heavy (non-hydrogen) atoms. The van der Waals surface area contributed by atoms with Gasteiger partial charge in [-0.05, 0) is 36.6 Å². The third-order valence-corrected chi connectivity index (χ3v) is 3.19. The molecular formula is C15H17BrFNO3. The summed E-state index contributed by atoms with van der Waals surface area (Å²) in [6.07, 6.45) is 2.77. The van der Waals surface area contributed by atoms with Crippen LogP contribution in [0.15, 0.2) is 28.7 Å². The number of hydrogen-bond donors (Lipinski definition) is 2. The molecule has 0 aromatic heterocycles. The van der Waals surface area contributed by atoms with Crippen molar-refractivity contribution in [3.05, 3.63) is 40.1 Å². The molecule has 0 unspecified atom stereocenters. The van der Waals surface area contributed by atoms with Crippen LogP contribution >= 0.6 is 15.9 Å². The second kappa shape index (κ2) is 7.93. The number of rotatable bonds is 6. The molecule has 114 valence electrons. The summed E-state index contributed by atoms with van der Waals surface area (Å²) in [4.78, 5) is 22.8. The first kappa shape index (κ1) is 17.4. The molecule has 0 heterocycles. The van der Waals surface area contributed by atoms with Crippen LogP contribution in [0.3, 0.4) is 0 Å². The fraction of sp³-hybridized carbons (Fsp3) is 0.333. The molecule has 6 heteroatoms. The summed E-state index contributed by atoms with van der Waals surface area (Å²) < 4.78 is 14.2. The lowest BCUT2D eigenvalue weighted by Gasteiger charge is -2.15. The maximum Gasteiger partial charge on any atom is 0.326 e. The molecule has 0 aliphatic carbocycles. The average molecular weight is 358 g/mol. The molecule has 1 amide bonds. The Hall–Kier alpha value is -1.69. The van der Waals surface area contributed by atoms with Gasteiger partial charge in [0.1, 0.15) is 11.9 Å². The van der Waals surface area contributed by atoms with Crippen LogP contribution in [0.25, 0.3) is 6.08 Å². The summed E-state index contributed by atoms with van der Waals surface area (Å²) in [5, 5.41) is 11.4. The lowest BCUT2D eigenvalue weighted by molar-refractivity contribution is -0.141. The number of carbonyl (C=O) groups is 2. The lowest BCUT2D eigenvalue weighted by atomic mass is 10.0. The number of amides is 1. The number of carbonyl (C=O) groups excluding carboxylic acids is 1. The largest absolute Gasteiger partial charge is 0.480 e. The van der Waals surface area contributed by atoms with Gasteiger partial charge >= 0.3 is 5.97 Å². The molecule has 0 fully saturated rings. The highest BCUT2D eigenvalue weighted by atomic mass is 79.9. The van der Waals surface area contributed by atoms with Crippen molar-refractivity contribution in [3.8, 4) is 0 Å². The van der Waals surface area contributed by atoms with Crippen LogP contribution in [0.2, 0.25) is 0 Å². The molecule has 0 aliphatic heterocycles. The Bertz CT molecular complexity index is 558. The molecule has 1 atom stereocenters. The number of nitrogens with one attached hydrogen (secondary N) is 1. The predicted octanol–water partition coefficient (Wildman–Crippen LogP) is 3.22. The van der Waals surface area contributed by atoms with Crippen molar-refractivity contribution >= 4 is 33.9 Å². The molecule has 0 radical (unpaired) electrons. The van der Waals surface area contributed by atoms with Crippen LogP contribution in [-0.2, 0) is 9.59 Å². The summed E-state index contributed by atoms with van der Waals surface area (Å²) in [5.74, 6) is -1.97.